The first-order chi connectivity index (χ1) is 10.2. The van der Waals surface area contributed by atoms with Crippen LogP contribution < -0.4 is 5.32 Å². The molecule has 0 saturated heterocycles. The van der Waals surface area contributed by atoms with Crippen LogP contribution in [0.4, 0.5) is 0 Å². The summed E-state index contributed by atoms with van der Waals surface area (Å²) < 4.78 is 1.89. The number of pyridine rings is 1. The normalized spacial score (nSPS) is 10.8. The summed E-state index contributed by atoms with van der Waals surface area (Å²) in [5, 5.41) is 4.26. The van der Waals surface area contributed by atoms with Gasteiger partial charge >= 0.3 is 0 Å². The molecule has 106 valence electrons. The molecule has 0 unspecified atom stereocenters. The molecule has 2 heterocycles. The highest BCUT2D eigenvalue weighted by molar-refractivity contribution is 9.10. The quantitative estimate of drug-likeness (QED) is 0.718. The summed E-state index contributed by atoms with van der Waals surface area (Å²) >= 11 is 11.2. The molecule has 0 aliphatic heterocycles. The Morgan fingerprint density at radius 3 is 2.76 bits per heavy atom. The van der Waals surface area contributed by atoms with E-state index in [2.05, 4.69) is 26.2 Å². The molecule has 0 radical (unpaired) electrons. The first-order valence-corrected chi connectivity index (χ1v) is 8.19. The lowest BCUT2D eigenvalue weighted by Gasteiger charge is -2.03. The predicted molar refractivity (Wildman–Crippen MR) is 89.9 cm³/mol. The Hall–Kier alpha value is -1.43. The third-order valence-corrected chi connectivity index (χ3v) is 5.32. The molecular weight excluding hydrogens is 372 g/mol. The van der Waals surface area contributed by atoms with Crippen LogP contribution in [0.3, 0.4) is 0 Å². The van der Waals surface area contributed by atoms with Crippen LogP contribution in [-0.2, 0) is 6.54 Å². The van der Waals surface area contributed by atoms with Crippen molar-refractivity contribution < 1.29 is 4.79 Å². The van der Waals surface area contributed by atoms with E-state index in [-0.39, 0.29) is 5.91 Å². The fourth-order valence-corrected chi connectivity index (χ4v) is 4.29. The molecule has 3 aromatic rings. The van der Waals surface area contributed by atoms with Crippen molar-refractivity contribution in [3.63, 3.8) is 0 Å². The molecule has 0 fully saturated rings. The van der Waals surface area contributed by atoms with Crippen molar-refractivity contribution in [1.29, 1.82) is 0 Å². The molecule has 1 aromatic carbocycles. The zero-order valence-corrected chi connectivity index (χ0v) is 13.9. The van der Waals surface area contributed by atoms with Gasteiger partial charge in [-0.1, -0.05) is 33.6 Å². The Kier molecular flexibility index (Phi) is 4.24. The standard InChI is InChI=1S/C15H10BrClN2OS/c16-10-2-1-3-11-12(10)13(17)14(21-11)15(20)19-8-9-4-6-18-7-5-9/h1-7H,8H2,(H,19,20). The minimum Gasteiger partial charge on any atom is -0.347 e. The average Bonchev–Trinajstić information content (AvgIpc) is 2.84. The molecule has 21 heavy (non-hydrogen) atoms. The SMILES string of the molecule is O=C(NCc1ccncc1)c1sc2cccc(Br)c2c1Cl. The number of nitrogens with zero attached hydrogens (tertiary/aromatic N) is 1. The second-order valence-corrected chi connectivity index (χ2v) is 6.68. The summed E-state index contributed by atoms with van der Waals surface area (Å²) in [6, 6.07) is 9.53. The van der Waals surface area contributed by atoms with Crippen LogP contribution in [0.5, 0.6) is 0 Å². The maximum atomic E-state index is 12.3. The van der Waals surface area contributed by atoms with Gasteiger partial charge in [0.25, 0.3) is 5.91 Å². The minimum atomic E-state index is -0.162. The number of carbonyl (C=O) groups is 1. The van der Waals surface area contributed by atoms with Crippen LogP contribution in [0.25, 0.3) is 10.1 Å². The van der Waals surface area contributed by atoms with E-state index >= 15 is 0 Å². The number of hydrogen-bond acceptors (Lipinski definition) is 3. The first-order valence-electron chi connectivity index (χ1n) is 6.20. The van der Waals surface area contributed by atoms with Crippen LogP contribution >= 0.6 is 38.9 Å². The van der Waals surface area contributed by atoms with E-state index in [4.69, 9.17) is 11.6 Å². The van der Waals surface area contributed by atoms with E-state index in [1.54, 1.807) is 12.4 Å². The number of carbonyl (C=O) groups excluding carboxylic acids is 1. The molecule has 3 nitrogen and oxygen atoms in total. The van der Waals surface area contributed by atoms with Gasteiger partial charge in [0.05, 0.1) is 5.02 Å². The number of aromatic nitrogens is 1. The van der Waals surface area contributed by atoms with Gasteiger partial charge in [-0.05, 0) is 29.8 Å². The highest BCUT2D eigenvalue weighted by atomic mass is 79.9. The summed E-state index contributed by atoms with van der Waals surface area (Å²) in [5.41, 5.74) is 0.997. The molecular formula is C15H10BrClN2OS. The number of amides is 1. The van der Waals surface area contributed by atoms with Gasteiger partial charge < -0.3 is 5.32 Å². The first kappa shape index (κ1) is 14.5. The molecule has 0 aliphatic rings. The molecule has 0 saturated carbocycles. The van der Waals surface area contributed by atoms with E-state index in [0.29, 0.717) is 16.4 Å². The fourth-order valence-electron chi connectivity index (χ4n) is 1.98. The number of fused-ring (bicyclic) bond motifs is 1. The van der Waals surface area contributed by atoms with Crippen LogP contribution in [0.1, 0.15) is 15.2 Å². The number of benzene rings is 1. The van der Waals surface area contributed by atoms with Crippen molar-refractivity contribution in [2.45, 2.75) is 6.54 Å². The summed E-state index contributed by atoms with van der Waals surface area (Å²) in [4.78, 5) is 16.8. The van der Waals surface area contributed by atoms with Gasteiger partial charge in [0.15, 0.2) is 0 Å². The van der Waals surface area contributed by atoms with Gasteiger partial charge in [0, 0.05) is 33.5 Å². The highest BCUT2D eigenvalue weighted by Crippen LogP contribution is 2.39. The Morgan fingerprint density at radius 2 is 2.05 bits per heavy atom. The van der Waals surface area contributed by atoms with Crippen LogP contribution in [0.15, 0.2) is 47.2 Å². The topological polar surface area (TPSA) is 42.0 Å². The smallest absolute Gasteiger partial charge is 0.263 e. The second kappa shape index (κ2) is 6.13. The van der Waals surface area contributed by atoms with Crippen molar-refractivity contribution in [2.24, 2.45) is 0 Å². The number of halogens is 2. The molecule has 3 rings (SSSR count). The summed E-state index contributed by atoms with van der Waals surface area (Å²) in [6.07, 6.45) is 3.40. The van der Waals surface area contributed by atoms with Crippen molar-refractivity contribution >= 4 is 54.9 Å². The van der Waals surface area contributed by atoms with Crippen molar-refractivity contribution in [2.75, 3.05) is 0 Å². The molecule has 0 bridgehead atoms. The molecule has 0 spiro atoms. The zero-order chi connectivity index (χ0) is 14.8. The Labute approximate surface area is 139 Å². The van der Waals surface area contributed by atoms with E-state index < -0.39 is 0 Å². The monoisotopic (exact) mass is 380 g/mol. The second-order valence-electron chi connectivity index (χ2n) is 4.40. The summed E-state index contributed by atoms with van der Waals surface area (Å²) in [6.45, 7) is 0.451. The third kappa shape index (κ3) is 2.95. The maximum Gasteiger partial charge on any atom is 0.263 e. The number of hydrogen-bond donors (Lipinski definition) is 1. The van der Waals surface area contributed by atoms with Gasteiger partial charge in [-0.15, -0.1) is 11.3 Å². The Balaban J connectivity index is 1.85. The predicted octanol–water partition coefficient (Wildman–Crippen LogP) is 4.64. The summed E-state index contributed by atoms with van der Waals surface area (Å²) in [7, 11) is 0. The lowest BCUT2D eigenvalue weighted by molar-refractivity contribution is 0.0955. The average molecular weight is 382 g/mol. The largest absolute Gasteiger partial charge is 0.347 e. The van der Waals surface area contributed by atoms with E-state index in [9.17, 15) is 4.79 Å². The number of rotatable bonds is 3. The van der Waals surface area contributed by atoms with Crippen LogP contribution in [0.2, 0.25) is 5.02 Å². The van der Waals surface area contributed by atoms with Crippen molar-refractivity contribution in [3.8, 4) is 0 Å². The lowest BCUT2D eigenvalue weighted by Crippen LogP contribution is -2.22. The van der Waals surface area contributed by atoms with E-state index in [0.717, 1.165) is 20.1 Å². The molecule has 6 heteroatoms. The van der Waals surface area contributed by atoms with Crippen molar-refractivity contribution in [1.82, 2.24) is 10.3 Å². The van der Waals surface area contributed by atoms with E-state index in [1.807, 2.05) is 30.3 Å². The number of thiophene rings is 1. The molecule has 0 aliphatic carbocycles. The van der Waals surface area contributed by atoms with E-state index in [1.165, 1.54) is 11.3 Å². The van der Waals surface area contributed by atoms with Gasteiger partial charge in [-0.25, -0.2) is 0 Å². The fraction of sp³-hybridized carbons (Fsp3) is 0.0667. The van der Waals surface area contributed by atoms with Crippen LogP contribution in [-0.4, -0.2) is 10.9 Å². The Morgan fingerprint density at radius 1 is 1.29 bits per heavy atom. The molecule has 1 amide bonds. The van der Waals surface area contributed by atoms with Gasteiger partial charge in [0.1, 0.15) is 4.88 Å². The lowest BCUT2D eigenvalue weighted by atomic mass is 10.2. The summed E-state index contributed by atoms with van der Waals surface area (Å²) in [5.74, 6) is -0.162. The zero-order valence-electron chi connectivity index (χ0n) is 10.8. The third-order valence-electron chi connectivity index (χ3n) is 3.01. The minimum absolute atomic E-state index is 0.162. The van der Waals surface area contributed by atoms with Gasteiger partial charge in [0.2, 0.25) is 0 Å². The molecule has 0 atom stereocenters. The van der Waals surface area contributed by atoms with Crippen LogP contribution in [0, 0.1) is 0 Å². The highest BCUT2D eigenvalue weighted by Gasteiger charge is 2.18. The molecule has 1 N–H and O–H groups in total. The Bertz CT molecular complexity index is 804. The molecule has 2 aromatic heterocycles. The number of nitrogens with one attached hydrogen (secondary N) is 1. The maximum absolute atomic E-state index is 12.3. The van der Waals surface area contributed by atoms with Crippen molar-refractivity contribution in [3.05, 3.63) is 62.7 Å². The van der Waals surface area contributed by atoms with Gasteiger partial charge in [-0.2, -0.15) is 0 Å². The van der Waals surface area contributed by atoms with Gasteiger partial charge in [-0.3, -0.25) is 9.78 Å².